The molecule has 4 aromatic rings. The number of fused-ring (bicyclic) bond motifs is 1. The average Bonchev–Trinajstić information content (AvgIpc) is 3.02. The minimum Gasteiger partial charge on any atom is -0.307 e. The van der Waals surface area contributed by atoms with Gasteiger partial charge in [0.2, 0.25) is 0 Å². The summed E-state index contributed by atoms with van der Waals surface area (Å²) < 4.78 is 2.61. The normalized spacial score (nSPS) is 11.0. The Labute approximate surface area is 135 Å². The molecule has 0 saturated heterocycles. The third-order valence-electron chi connectivity index (χ3n) is 3.80. The highest BCUT2D eigenvalue weighted by atomic mass is 16.2. The number of H-pyrrole nitrogens is 1. The van der Waals surface area contributed by atoms with E-state index in [1.165, 1.54) is 10.7 Å². The van der Waals surface area contributed by atoms with Gasteiger partial charge in [0.15, 0.2) is 0 Å². The molecule has 4 rings (SSSR count). The molecule has 24 heavy (non-hydrogen) atoms. The highest BCUT2D eigenvalue weighted by molar-refractivity contribution is 5.73. The number of rotatable bonds is 3. The van der Waals surface area contributed by atoms with Gasteiger partial charge in [-0.1, -0.05) is 47.7 Å². The van der Waals surface area contributed by atoms with Crippen LogP contribution in [0.15, 0.2) is 70.3 Å². The summed E-state index contributed by atoms with van der Waals surface area (Å²) in [5, 5.41) is 8.03. The molecular weight excluding hydrogens is 306 g/mol. The SMILES string of the molecule is O=c1cc(-c2ccccc2)[nH]c(=O)n1Cn1nnc2ccccc21. The zero-order chi connectivity index (χ0) is 16.5. The third kappa shape index (κ3) is 2.41. The van der Waals surface area contributed by atoms with Crippen molar-refractivity contribution in [1.29, 1.82) is 0 Å². The Bertz CT molecular complexity index is 1090. The van der Waals surface area contributed by atoms with Gasteiger partial charge in [-0.3, -0.25) is 4.79 Å². The second-order valence-corrected chi connectivity index (χ2v) is 5.34. The van der Waals surface area contributed by atoms with E-state index in [0.29, 0.717) is 11.2 Å². The molecule has 0 aliphatic carbocycles. The fourth-order valence-corrected chi connectivity index (χ4v) is 2.58. The highest BCUT2D eigenvalue weighted by Gasteiger charge is 2.09. The fraction of sp³-hybridized carbons (Fsp3) is 0.0588. The first-order valence-electron chi connectivity index (χ1n) is 7.40. The Morgan fingerprint density at radius 1 is 0.958 bits per heavy atom. The number of hydrogen-bond donors (Lipinski definition) is 1. The molecule has 2 aromatic carbocycles. The lowest BCUT2D eigenvalue weighted by Gasteiger charge is -2.07. The zero-order valence-electron chi connectivity index (χ0n) is 12.6. The molecule has 0 aliphatic heterocycles. The van der Waals surface area contributed by atoms with E-state index in [1.807, 2.05) is 54.6 Å². The van der Waals surface area contributed by atoms with Gasteiger partial charge < -0.3 is 4.98 Å². The third-order valence-corrected chi connectivity index (χ3v) is 3.80. The van der Waals surface area contributed by atoms with Gasteiger partial charge in [-0.05, 0) is 17.7 Å². The van der Waals surface area contributed by atoms with Gasteiger partial charge in [-0.15, -0.1) is 5.10 Å². The van der Waals surface area contributed by atoms with E-state index in [4.69, 9.17) is 0 Å². The molecule has 0 bridgehead atoms. The molecule has 118 valence electrons. The van der Waals surface area contributed by atoms with Crippen LogP contribution in [0.3, 0.4) is 0 Å². The van der Waals surface area contributed by atoms with Gasteiger partial charge in [0.25, 0.3) is 5.56 Å². The first-order valence-corrected chi connectivity index (χ1v) is 7.40. The maximum absolute atomic E-state index is 12.4. The molecular formula is C17H13N5O2. The molecule has 0 amide bonds. The van der Waals surface area contributed by atoms with Crippen LogP contribution in [0.4, 0.5) is 0 Å². The largest absolute Gasteiger partial charge is 0.330 e. The lowest BCUT2D eigenvalue weighted by Crippen LogP contribution is -2.37. The summed E-state index contributed by atoms with van der Waals surface area (Å²) in [6.07, 6.45) is 0. The summed E-state index contributed by atoms with van der Waals surface area (Å²) in [4.78, 5) is 27.5. The molecule has 7 heteroatoms. The average molecular weight is 319 g/mol. The van der Waals surface area contributed by atoms with E-state index in [1.54, 1.807) is 0 Å². The van der Waals surface area contributed by atoms with Crippen molar-refractivity contribution in [2.45, 2.75) is 6.67 Å². The Morgan fingerprint density at radius 2 is 1.71 bits per heavy atom. The lowest BCUT2D eigenvalue weighted by molar-refractivity contribution is 0.512. The summed E-state index contributed by atoms with van der Waals surface area (Å²) in [7, 11) is 0. The van der Waals surface area contributed by atoms with Crippen LogP contribution >= 0.6 is 0 Å². The maximum Gasteiger partial charge on any atom is 0.330 e. The molecule has 0 saturated carbocycles. The van der Waals surface area contributed by atoms with E-state index in [9.17, 15) is 9.59 Å². The van der Waals surface area contributed by atoms with Gasteiger partial charge in [0, 0.05) is 6.07 Å². The van der Waals surface area contributed by atoms with Crippen molar-refractivity contribution in [3.63, 3.8) is 0 Å². The van der Waals surface area contributed by atoms with Crippen molar-refractivity contribution in [1.82, 2.24) is 24.5 Å². The van der Waals surface area contributed by atoms with Crippen LogP contribution in [-0.2, 0) is 6.67 Å². The van der Waals surface area contributed by atoms with Crippen LogP contribution in [0.5, 0.6) is 0 Å². The van der Waals surface area contributed by atoms with Gasteiger partial charge in [0.1, 0.15) is 12.2 Å². The molecule has 2 heterocycles. The smallest absolute Gasteiger partial charge is 0.307 e. The van der Waals surface area contributed by atoms with Crippen LogP contribution in [-0.4, -0.2) is 24.5 Å². The Hall–Kier alpha value is -3.48. The monoisotopic (exact) mass is 319 g/mol. The maximum atomic E-state index is 12.4. The zero-order valence-corrected chi connectivity index (χ0v) is 12.6. The van der Waals surface area contributed by atoms with Gasteiger partial charge in [-0.2, -0.15) is 0 Å². The van der Waals surface area contributed by atoms with Gasteiger partial charge >= 0.3 is 5.69 Å². The summed E-state index contributed by atoms with van der Waals surface area (Å²) in [5.74, 6) is 0. The first-order chi connectivity index (χ1) is 11.7. The fourth-order valence-electron chi connectivity index (χ4n) is 2.58. The molecule has 7 nitrogen and oxygen atoms in total. The summed E-state index contributed by atoms with van der Waals surface area (Å²) >= 11 is 0. The van der Waals surface area contributed by atoms with Gasteiger partial charge in [-0.25, -0.2) is 14.0 Å². The summed E-state index contributed by atoms with van der Waals surface area (Å²) in [5.41, 5.74) is 1.87. The number of para-hydroxylation sites is 1. The van der Waals surface area contributed by atoms with E-state index in [2.05, 4.69) is 15.3 Å². The predicted octanol–water partition coefficient (Wildman–Crippen LogP) is 1.45. The number of nitrogens with zero attached hydrogens (tertiary/aromatic N) is 4. The van der Waals surface area contributed by atoms with E-state index in [-0.39, 0.29) is 6.67 Å². The first kappa shape index (κ1) is 14.1. The van der Waals surface area contributed by atoms with E-state index in [0.717, 1.165) is 15.6 Å². The molecule has 2 aromatic heterocycles. The number of hydrogen-bond acceptors (Lipinski definition) is 4. The van der Waals surface area contributed by atoms with Crippen molar-refractivity contribution >= 4 is 11.0 Å². The Kier molecular flexibility index (Phi) is 3.31. The van der Waals surface area contributed by atoms with Crippen molar-refractivity contribution in [3.8, 4) is 11.3 Å². The minimum absolute atomic E-state index is 0.00372. The van der Waals surface area contributed by atoms with Crippen LogP contribution in [0.25, 0.3) is 22.3 Å². The van der Waals surface area contributed by atoms with E-state index < -0.39 is 11.2 Å². The molecule has 0 spiro atoms. The highest BCUT2D eigenvalue weighted by Crippen LogP contribution is 2.13. The van der Waals surface area contributed by atoms with Crippen LogP contribution in [0.2, 0.25) is 0 Å². The minimum atomic E-state index is -0.485. The second-order valence-electron chi connectivity index (χ2n) is 5.34. The molecule has 1 N–H and O–H groups in total. The topological polar surface area (TPSA) is 85.6 Å². The van der Waals surface area contributed by atoms with Crippen LogP contribution in [0, 0.1) is 0 Å². The van der Waals surface area contributed by atoms with E-state index >= 15 is 0 Å². The van der Waals surface area contributed by atoms with Gasteiger partial charge in [0.05, 0.1) is 11.2 Å². The van der Waals surface area contributed by atoms with Crippen LogP contribution < -0.4 is 11.2 Å². The number of aromatic nitrogens is 5. The van der Waals surface area contributed by atoms with Crippen LogP contribution in [0.1, 0.15) is 0 Å². The number of benzene rings is 2. The number of nitrogens with one attached hydrogen (secondary N) is 1. The van der Waals surface area contributed by atoms with Crippen molar-refractivity contribution in [2.75, 3.05) is 0 Å². The predicted molar refractivity (Wildman–Crippen MR) is 89.7 cm³/mol. The Balaban J connectivity index is 1.77. The summed E-state index contributed by atoms with van der Waals surface area (Å²) in [6.45, 7) is 0.00372. The molecule has 0 radical (unpaired) electrons. The molecule has 0 unspecified atom stereocenters. The van der Waals surface area contributed by atoms with Crippen molar-refractivity contribution < 1.29 is 0 Å². The second kappa shape index (κ2) is 5.62. The van der Waals surface area contributed by atoms with Crippen molar-refractivity contribution in [3.05, 3.63) is 81.5 Å². The lowest BCUT2D eigenvalue weighted by atomic mass is 10.1. The molecule has 0 aliphatic rings. The number of aromatic amines is 1. The summed E-state index contributed by atoms with van der Waals surface area (Å²) in [6, 6.07) is 18.0. The Morgan fingerprint density at radius 3 is 2.50 bits per heavy atom. The standard InChI is InChI=1S/C17H13N5O2/c23-16-10-14(12-6-2-1-3-7-12)18-17(24)21(16)11-22-15-9-5-4-8-13(15)19-20-22/h1-10H,11H2,(H,18,24). The molecule has 0 fully saturated rings. The van der Waals surface area contributed by atoms with Crippen molar-refractivity contribution in [2.24, 2.45) is 0 Å². The molecule has 0 atom stereocenters. The quantitative estimate of drug-likeness (QED) is 0.619.